The molecule has 0 atom stereocenters. The fourth-order valence-corrected chi connectivity index (χ4v) is 3.25. The first-order valence-corrected chi connectivity index (χ1v) is 8.04. The molecular weight excluding hydrogens is 329 g/mol. The van der Waals surface area contributed by atoms with Crippen molar-refractivity contribution in [3.63, 3.8) is 0 Å². The van der Waals surface area contributed by atoms with Crippen LogP contribution >= 0.6 is 11.3 Å². The summed E-state index contributed by atoms with van der Waals surface area (Å²) in [6.45, 7) is 6.41. The van der Waals surface area contributed by atoms with Crippen LogP contribution in [0.15, 0.2) is 16.7 Å². The van der Waals surface area contributed by atoms with E-state index in [2.05, 4.69) is 9.68 Å². The highest BCUT2D eigenvalue weighted by Gasteiger charge is 2.39. The highest BCUT2D eigenvalue weighted by molar-refractivity contribution is 7.17. The minimum absolute atomic E-state index is 0.0701. The van der Waals surface area contributed by atoms with Crippen molar-refractivity contribution in [3.8, 4) is 10.6 Å². The lowest BCUT2D eigenvalue weighted by Crippen LogP contribution is -2.30. The normalized spacial score (nSPS) is 11.7. The molecule has 0 aliphatic heterocycles. The maximum atomic E-state index is 12.8. The minimum atomic E-state index is -4.58. The first-order valence-electron chi connectivity index (χ1n) is 7.22. The van der Waals surface area contributed by atoms with Gasteiger partial charge in [0.2, 0.25) is 5.76 Å². The van der Waals surface area contributed by atoms with E-state index in [-0.39, 0.29) is 17.2 Å². The van der Waals surface area contributed by atoms with Gasteiger partial charge in [0.15, 0.2) is 0 Å². The van der Waals surface area contributed by atoms with Gasteiger partial charge in [-0.15, -0.1) is 11.3 Å². The molecule has 1 amide bonds. The van der Waals surface area contributed by atoms with Crippen LogP contribution in [-0.4, -0.2) is 29.1 Å². The van der Waals surface area contributed by atoms with E-state index in [9.17, 15) is 18.0 Å². The molecule has 0 fully saturated rings. The zero-order valence-corrected chi connectivity index (χ0v) is 13.8. The third-order valence-corrected chi connectivity index (χ3v) is 4.47. The first kappa shape index (κ1) is 17.5. The summed E-state index contributed by atoms with van der Waals surface area (Å²) in [7, 11) is 0. The maximum Gasteiger partial charge on any atom is 0.452 e. The monoisotopic (exact) mass is 346 g/mol. The van der Waals surface area contributed by atoms with Crippen LogP contribution in [0.1, 0.15) is 41.3 Å². The number of halogens is 3. The molecule has 2 heterocycles. The van der Waals surface area contributed by atoms with Crippen LogP contribution in [-0.2, 0) is 6.18 Å². The standard InChI is InChI=1S/C15H17F3N2O2S/c1-4-8-20(5-2)14(21)11-7-6-10(23-11)12-9(3)13(22-19-12)15(16,17)18/h6-7H,4-5,8H2,1-3H3. The van der Waals surface area contributed by atoms with E-state index < -0.39 is 11.9 Å². The maximum absolute atomic E-state index is 12.8. The lowest BCUT2D eigenvalue weighted by molar-refractivity contribution is -0.156. The van der Waals surface area contributed by atoms with Gasteiger partial charge in [0.05, 0.1) is 9.75 Å². The molecule has 0 aliphatic rings. The van der Waals surface area contributed by atoms with E-state index in [1.54, 1.807) is 17.0 Å². The molecule has 2 rings (SSSR count). The molecule has 0 radical (unpaired) electrons. The number of amides is 1. The SMILES string of the molecule is CCCN(CC)C(=O)c1ccc(-c2noc(C(F)(F)F)c2C)s1. The molecule has 4 nitrogen and oxygen atoms in total. The van der Waals surface area contributed by atoms with Gasteiger partial charge in [-0.25, -0.2) is 0 Å². The predicted octanol–water partition coefficient (Wildman–Crippen LogP) is 4.60. The van der Waals surface area contributed by atoms with Crippen molar-refractivity contribution in [2.24, 2.45) is 0 Å². The van der Waals surface area contributed by atoms with Gasteiger partial charge in [-0.05, 0) is 32.4 Å². The van der Waals surface area contributed by atoms with Gasteiger partial charge in [0.25, 0.3) is 5.91 Å². The first-order chi connectivity index (χ1) is 10.8. The van der Waals surface area contributed by atoms with Crippen molar-refractivity contribution in [2.75, 3.05) is 13.1 Å². The molecule has 0 saturated carbocycles. The van der Waals surface area contributed by atoms with E-state index in [0.29, 0.717) is 22.8 Å². The van der Waals surface area contributed by atoms with Gasteiger partial charge in [-0.3, -0.25) is 4.79 Å². The number of aromatic nitrogens is 1. The van der Waals surface area contributed by atoms with Crippen LogP contribution in [0.3, 0.4) is 0 Å². The molecule has 0 aliphatic carbocycles. The zero-order valence-electron chi connectivity index (χ0n) is 13.0. The van der Waals surface area contributed by atoms with Crippen LogP contribution in [0.5, 0.6) is 0 Å². The van der Waals surface area contributed by atoms with Crippen molar-refractivity contribution < 1.29 is 22.5 Å². The lowest BCUT2D eigenvalue weighted by atomic mass is 10.2. The number of carbonyl (C=O) groups is 1. The van der Waals surface area contributed by atoms with E-state index >= 15 is 0 Å². The summed E-state index contributed by atoms with van der Waals surface area (Å²) < 4.78 is 42.7. The highest BCUT2D eigenvalue weighted by Crippen LogP contribution is 2.38. The fourth-order valence-electron chi connectivity index (χ4n) is 2.24. The fraction of sp³-hybridized carbons (Fsp3) is 0.467. The second-order valence-electron chi connectivity index (χ2n) is 5.03. The Bertz CT molecular complexity index is 691. The van der Waals surface area contributed by atoms with Crippen molar-refractivity contribution in [1.82, 2.24) is 10.1 Å². The number of thiophene rings is 1. The summed E-state index contributed by atoms with van der Waals surface area (Å²) in [4.78, 5) is 15.0. The number of rotatable bonds is 5. The molecule has 2 aromatic rings. The van der Waals surface area contributed by atoms with Crippen LogP contribution in [0.2, 0.25) is 0 Å². The summed E-state index contributed by atoms with van der Waals surface area (Å²) in [5.41, 5.74) is 0.0548. The molecule has 0 spiro atoms. The van der Waals surface area contributed by atoms with Gasteiger partial charge in [0, 0.05) is 18.7 Å². The highest BCUT2D eigenvalue weighted by atomic mass is 32.1. The number of carbonyl (C=O) groups excluding carboxylic acids is 1. The average molecular weight is 346 g/mol. The van der Waals surface area contributed by atoms with Crippen molar-refractivity contribution in [2.45, 2.75) is 33.4 Å². The van der Waals surface area contributed by atoms with Gasteiger partial charge in [0.1, 0.15) is 5.69 Å². The Morgan fingerprint density at radius 1 is 1.35 bits per heavy atom. The topological polar surface area (TPSA) is 46.3 Å². The molecule has 0 aromatic carbocycles. The lowest BCUT2D eigenvalue weighted by Gasteiger charge is -2.18. The van der Waals surface area contributed by atoms with Crippen LogP contribution < -0.4 is 0 Å². The van der Waals surface area contributed by atoms with E-state index in [1.807, 2.05) is 13.8 Å². The van der Waals surface area contributed by atoms with Gasteiger partial charge < -0.3 is 9.42 Å². The van der Waals surface area contributed by atoms with E-state index in [0.717, 1.165) is 17.8 Å². The van der Waals surface area contributed by atoms with Crippen molar-refractivity contribution in [3.05, 3.63) is 28.3 Å². The summed E-state index contributed by atoms with van der Waals surface area (Å²) in [6.07, 6.45) is -3.74. The second-order valence-corrected chi connectivity index (χ2v) is 6.12. The third-order valence-electron chi connectivity index (χ3n) is 3.39. The van der Waals surface area contributed by atoms with Crippen LogP contribution in [0.25, 0.3) is 10.6 Å². The van der Waals surface area contributed by atoms with Crippen molar-refractivity contribution in [1.29, 1.82) is 0 Å². The molecule has 23 heavy (non-hydrogen) atoms. The van der Waals surface area contributed by atoms with Crippen molar-refractivity contribution >= 4 is 17.2 Å². The Kier molecular flexibility index (Phi) is 5.13. The Balaban J connectivity index is 2.30. The summed E-state index contributed by atoms with van der Waals surface area (Å²) in [5, 5.41) is 3.52. The van der Waals surface area contributed by atoms with E-state index in [4.69, 9.17) is 0 Å². The van der Waals surface area contributed by atoms with Crippen LogP contribution in [0.4, 0.5) is 13.2 Å². The Labute approximate surface area is 135 Å². The minimum Gasteiger partial charge on any atom is -0.351 e. The quantitative estimate of drug-likeness (QED) is 0.795. The molecule has 126 valence electrons. The van der Waals surface area contributed by atoms with E-state index in [1.165, 1.54) is 6.92 Å². The molecular formula is C15H17F3N2O2S. The number of nitrogens with zero attached hydrogens (tertiary/aromatic N) is 2. The summed E-state index contributed by atoms with van der Waals surface area (Å²) in [5.74, 6) is -1.22. The molecule has 0 saturated heterocycles. The Hall–Kier alpha value is -1.83. The summed E-state index contributed by atoms with van der Waals surface area (Å²) in [6, 6.07) is 3.21. The van der Waals surface area contributed by atoms with Crippen LogP contribution in [0, 0.1) is 6.92 Å². The van der Waals surface area contributed by atoms with Gasteiger partial charge in [-0.1, -0.05) is 12.1 Å². The van der Waals surface area contributed by atoms with Gasteiger partial charge >= 0.3 is 6.18 Å². The third kappa shape index (κ3) is 3.57. The second kappa shape index (κ2) is 6.74. The Morgan fingerprint density at radius 3 is 2.57 bits per heavy atom. The van der Waals surface area contributed by atoms with Gasteiger partial charge in [-0.2, -0.15) is 13.2 Å². The summed E-state index contributed by atoms with van der Waals surface area (Å²) >= 11 is 1.12. The molecule has 8 heteroatoms. The largest absolute Gasteiger partial charge is 0.452 e. The average Bonchev–Trinajstić information content (AvgIpc) is 3.09. The number of hydrogen-bond donors (Lipinski definition) is 0. The molecule has 0 unspecified atom stereocenters. The molecule has 0 N–H and O–H groups in total. The molecule has 0 bridgehead atoms. The number of hydrogen-bond acceptors (Lipinski definition) is 4. The zero-order chi connectivity index (χ0) is 17.2. The Morgan fingerprint density at radius 2 is 2.04 bits per heavy atom. The smallest absolute Gasteiger partial charge is 0.351 e. The predicted molar refractivity (Wildman–Crippen MR) is 81.4 cm³/mol. The molecule has 2 aromatic heterocycles. The number of alkyl halides is 3.